The van der Waals surface area contributed by atoms with Gasteiger partial charge in [0.15, 0.2) is 0 Å². The number of hydrogen-bond donors (Lipinski definition) is 3. The standard InChI is InChI=1S/C15H19N3O3/c1-10-8-12(15(16)17-19)5-6-14(10)20-7-3-4-13-9-11(2)18-21-13/h5-6,8-9,19H,3-4,7H2,1-2H3,(H2,16,17). The molecule has 0 saturated carbocycles. The molecular formula is C15H19N3O3. The third-order valence-electron chi connectivity index (χ3n) is 3.08. The van der Waals surface area contributed by atoms with Gasteiger partial charge in [0.1, 0.15) is 17.3 Å². The van der Waals surface area contributed by atoms with Crippen molar-refractivity contribution in [1.29, 1.82) is 5.41 Å². The molecule has 0 amide bonds. The number of nitrogens with zero attached hydrogens (tertiary/aromatic N) is 1. The zero-order valence-electron chi connectivity index (χ0n) is 12.1. The summed E-state index contributed by atoms with van der Waals surface area (Å²) in [5, 5.41) is 20.0. The second kappa shape index (κ2) is 6.90. The molecule has 0 spiro atoms. The molecule has 0 radical (unpaired) electrons. The lowest BCUT2D eigenvalue weighted by Gasteiger charge is -2.10. The van der Waals surface area contributed by atoms with Crippen molar-refractivity contribution in [3.8, 4) is 5.75 Å². The number of ether oxygens (including phenoxy) is 1. The van der Waals surface area contributed by atoms with E-state index >= 15 is 0 Å². The van der Waals surface area contributed by atoms with Crippen LogP contribution in [-0.2, 0) is 6.42 Å². The van der Waals surface area contributed by atoms with Crippen LogP contribution in [0.15, 0.2) is 28.8 Å². The summed E-state index contributed by atoms with van der Waals surface area (Å²) in [5.74, 6) is 1.61. The molecule has 2 aromatic rings. The lowest BCUT2D eigenvalue weighted by atomic mass is 10.1. The van der Waals surface area contributed by atoms with Crippen molar-refractivity contribution in [3.63, 3.8) is 0 Å². The number of aryl methyl sites for hydroxylation is 3. The molecule has 0 saturated heterocycles. The van der Waals surface area contributed by atoms with Crippen molar-refractivity contribution in [2.45, 2.75) is 26.7 Å². The van der Waals surface area contributed by atoms with Gasteiger partial charge >= 0.3 is 0 Å². The molecule has 1 aromatic heterocycles. The van der Waals surface area contributed by atoms with Gasteiger partial charge in [0.25, 0.3) is 0 Å². The number of amidine groups is 1. The van der Waals surface area contributed by atoms with E-state index in [0.29, 0.717) is 12.2 Å². The second-order valence-corrected chi connectivity index (χ2v) is 4.85. The molecular weight excluding hydrogens is 270 g/mol. The topological polar surface area (TPSA) is 91.4 Å². The van der Waals surface area contributed by atoms with Gasteiger partial charge in [0, 0.05) is 18.1 Å². The molecule has 0 aliphatic heterocycles. The molecule has 0 atom stereocenters. The summed E-state index contributed by atoms with van der Waals surface area (Å²) in [6, 6.07) is 7.25. The lowest BCUT2D eigenvalue weighted by Crippen LogP contribution is -2.18. The van der Waals surface area contributed by atoms with Crippen LogP contribution in [0.2, 0.25) is 0 Å². The minimum atomic E-state index is -0.0367. The van der Waals surface area contributed by atoms with E-state index < -0.39 is 0 Å². The predicted octanol–water partition coefficient (Wildman–Crippen LogP) is 2.61. The third kappa shape index (κ3) is 4.06. The van der Waals surface area contributed by atoms with E-state index in [1.165, 1.54) is 0 Å². The first-order chi connectivity index (χ1) is 10.1. The van der Waals surface area contributed by atoms with Gasteiger partial charge in [-0.05, 0) is 44.0 Å². The van der Waals surface area contributed by atoms with Crippen LogP contribution in [0.3, 0.4) is 0 Å². The van der Waals surface area contributed by atoms with Crippen LogP contribution in [0.1, 0.15) is 29.0 Å². The van der Waals surface area contributed by atoms with Gasteiger partial charge in [-0.2, -0.15) is 0 Å². The Morgan fingerprint density at radius 1 is 1.38 bits per heavy atom. The molecule has 6 heteroatoms. The molecule has 112 valence electrons. The Morgan fingerprint density at radius 3 is 2.81 bits per heavy atom. The lowest BCUT2D eigenvalue weighted by molar-refractivity contribution is 0.234. The summed E-state index contributed by atoms with van der Waals surface area (Å²) in [5.41, 5.74) is 4.24. The number of rotatable bonds is 6. The van der Waals surface area contributed by atoms with Gasteiger partial charge < -0.3 is 9.26 Å². The van der Waals surface area contributed by atoms with Crippen molar-refractivity contribution in [1.82, 2.24) is 10.6 Å². The largest absolute Gasteiger partial charge is 0.493 e. The highest BCUT2D eigenvalue weighted by Crippen LogP contribution is 2.19. The highest BCUT2D eigenvalue weighted by atomic mass is 16.5. The maximum atomic E-state index is 8.71. The first kappa shape index (κ1) is 15.1. The summed E-state index contributed by atoms with van der Waals surface area (Å²) >= 11 is 0. The molecule has 21 heavy (non-hydrogen) atoms. The van der Waals surface area contributed by atoms with Crippen molar-refractivity contribution in [3.05, 3.63) is 46.8 Å². The smallest absolute Gasteiger partial charge is 0.149 e. The van der Waals surface area contributed by atoms with Gasteiger partial charge in [-0.1, -0.05) is 5.16 Å². The molecule has 6 nitrogen and oxygen atoms in total. The van der Waals surface area contributed by atoms with E-state index in [9.17, 15) is 0 Å². The van der Waals surface area contributed by atoms with Gasteiger partial charge in [-0.25, -0.2) is 0 Å². The van der Waals surface area contributed by atoms with Crippen LogP contribution in [0, 0.1) is 19.3 Å². The number of nitrogens with one attached hydrogen (secondary N) is 2. The molecule has 2 rings (SSSR count). The van der Waals surface area contributed by atoms with Crippen LogP contribution in [0.25, 0.3) is 0 Å². The number of aromatic nitrogens is 1. The van der Waals surface area contributed by atoms with E-state index in [1.54, 1.807) is 18.2 Å². The molecule has 1 aromatic carbocycles. The van der Waals surface area contributed by atoms with Gasteiger partial charge in [-0.15, -0.1) is 0 Å². The third-order valence-corrected chi connectivity index (χ3v) is 3.08. The average Bonchev–Trinajstić information content (AvgIpc) is 2.89. The maximum absolute atomic E-state index is 8.71. The van der Waals surface area contributed by atoms with E-state index in [1.807, 2.05) is 25.4 Å². The predicted molar refractivity (Wildman–Crippen MR) is 78.0 cm³/mol. The fraction of sp³-hybridized carbons (Fsp3) is 0.333. The van der Waals surface area contributed by atoms with Crippen molar-refractivity contribution < 1.29 is 14.5 Å². The van der Waals surface area contributed by atoms with E-state index in [4.69, 9.17) is 19.9 Å². The normalized spacial score (nSPS) is 10.4. The Balaban J connectivity index is 1.84. The number of hydroxylamine groups is 1. The van der Waals surface area contributed by atoms with Crippen molar-refractivity contribution in [2.24, 2.45) is 0 Å². The highest BCUT2D eigenvalue weighted by molar-refractivity contribution is 5.95. The molecule has 0 bridgehead atoms. The SMILES string of the molecule is Cc1cc(CCCOc2ccc(C(=N)NO)cc2C)on1. The summed E-state index contributed by atoms with van der Waals surface area (Å²) < 4.78 is 10.9. The second-order valence-electron chi connectivity index (χ2n) is 4.85. The molecule has 3 N–H and O–H groups in total. The monoisotopic (exact) mass is 289 g/mol. The zero-order chi connectivity index (χ0) is 15.2. The Kier molecular flexibility index (Phi) is 4.94. The fourth-order valence-electron chi connectivity index (χ4n) is 1.99. The van der Waals surface area contributed by atoms with E-state index in [2.05, 4.69) is 5.16 Å². The van der Waals surface area contributed by atoms with Crippen LogP contribution >= 0.6 is 0 Å². The molecule has 0 unspecified atom stereocenters. The minimum Gasteiger partial charge on any atom is -0.493 e. The van der Waals surface area contributed by atoms with Gasteiger partial charge in [0.05, 0.1) is 12.3 Å². The molecule has 0 aliphatic carbocycles. The van der Waals surface area contributed by atoms with Crippen LogP contribution in [0.5, 0.6) is 5.75 Å². The summed E-state index contributed by atoms with van der Waals surface area (Å²) in [7, 11) is 0. The quantitative estimate of drug-likeness (QED) is 0.329. The molecule has 0 aliphatic rings. The minimum absolute atomic E-state index is 0.0367. The summed E-state index contributed by atoms with van der Waals surface area (Å²) in [6.45, 7) is 4.38. The number of benzene rings is 1. The summed E-state index contributed by atoms with van der Waals surface area (Å²) in [6.07, 6.45) is 1.63. The maximum Gasteiger partial charge on any atom is 0.149 e. The zero-order valence-corrected chi connectivity index (χ0v) is 12.1. The fourth-order valence-corrected chi connectivity index (χ4v) is 1.99. The summed E-state index contributed by atoms with van der Waals surface area (Å²) in [4.78, 5) is 0. The Bertz CT molecular complexity index is 622. The first-order valence-corrected chi connectivity index (χ1v) is 6.75. The van der Waals surface area contributed by atoms with Gasteiger partial charge in [0.2, 0.25) is 0 Å². The number of hydrogen-bond acceptors (Lipinski definition) is 5. The van der Waals surface area contributed by atoms with E-state index in [-0.39, 0.29) is 5.84 Å². The molecule has 1 heterocycles. The van der Waals surface area contributed by atoms with Gasteiger partial charge in [-0.3, -0.25) is 16.1 Å². The Labute approximate surface area is 123 Å². The van der Waals surface area contributed by atoms with Crippen molar-refractivity contribution >= 4 is 5.84 Å². The average molecular weight is 289 g/mol. The Hall–Kier alpha value is -2.34. The van der Waals surface area contributed by atoms with Crippen LogP contribution in [-0.4, -0.2) is 22.8 Å². The first-order valence-electron chi connectivity index (χ1n) is 6.75. The highest BCUT2D eigenvalue weighted by Gasteiger charge is 2.05. The Morgan fingerprint density at radius 2 is 2.19 bits per heavy atom. The van der Waals surface area contributed by atoms with E-state index in [0.717, 1.165) is 35.6 Å². The van der Waals surface area contributed by atoms with Crippen LogP contribution < -0.4 is 10.2 Å². The van der Waals surface area contributed by atoms with Crippen LogP contribution in [0.4, 0.5) is 0 Å². The van der Waals surface area contributed by atoms with Crippen molar-refractivity contribution in [2.75, 3.05) is 6.61 Å². The molecule has 0 fully saturated rings.